The van der Waals surface area contributed by atoms with E-state index in [-0.39, 0.29) is 0 Å². The third-order valence-electron chi connectivity index (χ3n) is 1.97. The van der Waals surface area contributed by atoms with Crippen molar-refractivity contribution < 1.29 is 4.74 Å². The average Bonchev–Trinajstić information content (AvgIpc) is 2.05. The number of alkyl halides is 1. The van der Waals surface area contributed by atoms with Crippen LogP contribution in [-0.4, -0.2) is 17.6 Å². The van der Waals surface area contributed by atoms with Crippen LogP contribution in [0.25, 0.3) is 0 Å². The molecule has 1 aliphatic rings. The highest BCUT2D eigenvalue weighted by Crippen LogP contribution is 2.22. The number of allylic oxidation sites excluding steroid dienone is 1. The maximum atomic E-state index is 5.25. The molecule has 0 radical (unpaired) electrons. The van der Waals surface area contributed by atoms with Crippen molar-refractivity contribution in [3.8, 4) is 0 Å². The van der Waals surface area contributed by atoms with Gasteiger partial charge in [-0.05, 0) is 18.8 Å². The van der Waals surface area contributed by atoms with E-state index in [2.05, 4.69) is 29.2 Å². The lowest BCUT2D eigenvalue weighted by Crippen LogP contribution is -2.17. The van der Waals surface area contributed by atoms with Gasteiger partial charge in [0.25, 0.3) is 0 Å². The fourth-order valence-electron chi connectivity index (χ4n) is 1.21. The van der Waals surface area contributed by atoms with Gasteiger partial charge in [-0.3, -0.25) is 0 Å². The van der Waals surface area contributed by atoms with Crippen LogP contribution in [0, 0.1) is 5.92 Å². The Morgan fingerprint density at radius 1 is 1.50 bits per heavy atom. The lowest BCUT2D eigenvalue weighted by atomic mass is 9.94. The van der Waals surface area contributed by atoms with Gasteiger partial charge >= 0.3 is 0 Å². The lowest BCUT2D eigenvalue weighted by molar-refractivity contribution is 0.0761. The molecule has 0 unspecified atom stereocenters. The van der Waals surface area contributed by atoms with E-state index in [0.29, 0.717) is 0 Å². The van der Waals surface area contributed by atoms with E-state index in [0.717, 1.165) is 23.6 Å². The zero-order valence-electron chi connectivity index (χ0n) is 6.11. The molecule has 1 heterocycles. The molecule has 0 aliphatic carbocycles. The normalized spacial score (nSPS) is 20.9. The van der Waals surface area contributed by atoms with Crippen molar-refractivity contribution >= 4 is 22.6 Å². The van der Waals surface area contributed by atoms with Gasteiger partial charge in [0.05, 0.1) is 0 Å². The molecule has 1 nitrogen and oxygen atoms in total. The Kier molecular flexibility index (Phi) is 3.70. The third kappa shape index (κ3) is 2.23. The Morgan fingerprint density at radius 3 is 2.60 bits per heavy atom. The van der Waals surface area contributed by atoms with Crippen molar-refractivity contribution in [2.75, 3.05) is 17.6 Å². The highest BCUT2D eigenvalue weighted by Gasteiger charge is 2.15. The molecule has 0 aromatic carbocycles. The topological polar surface area (TPSA) is 9.23 Å². The first-order chi connectivity index (χ1) is 4.84. The Labute approximate surface area is 76.0 Å². The number of halogens is 1. The second-order valence-corrected chi connectivity index (χ2v) is 3.44. The quantitative estimate of drug-likeness (QED) is 0.416. The molecule has 1 aliphatic heterocycles. The van der Waals surface area contributed by atoms with E-state index in [1.54, 1.807) is 0 Å². The van der Waals surface area contributed by atoms with Gasteiger partial charge in [0.1, 0.15) is 0 Å². The van der Waals surface area contributed by atoms with Crippen LogP contribution in [-0.2, 0) is 4.74 Å². The third-order valence-corrected chi connectivity index (χ3v) is 2.95. The number of ether oxygens (including phenoxy) is 1. The van der Waals surface area contributed by atoms with Crippen molar-refractivity contribution in [1.82, 2.24) is 0 Å². The van der Waals surface area contributed by atoms with Gasteiger partial charge in [0.2, 0.25) is 0 Å². The van der Waals surface area contributed by atoms with Crippen LogP contribution < -0.4 is 0 Å². The Hall–Kier alpha value is 0.430. The first-order valence-electron chi connectivity index (χ1n) is 3.66. The standard InChI is InChI=1S/C8H13IO/c1-7(6-9)8-2-4-10-5-3-8/h8H,1-6H2. The Morgan fingerprint density at radius 2 is 2.10 bits per heavy atom. The SMILES string of the molecule is C=C(CI)C1CCOCC1. The molecule has 1 fully saturated rings. The van der Waals surface area contributed by atoms with Crippen LogP contribution in [0.1, 0.15) is 12.8 Å². The van der Waals surface area contributed by atoms with E-state index in [9.17, 15) is 0 Å². The summed E-state index contributed by atoms with van der Waals surface area (Å²) in [5.41, 5.74) is 1.39. The van der Waals surface area contributed by atoms with Crippen LogP contribution in [0.3, 0.4) is 0 Å². The summed E-state index contributed by atoms with van der Waals surface area (Å²) in [5, 5.41) is 0. The van der Waals surface area contributed by atoms with E-state index in [1.165, 1.54) is 18.4 Å². The van der Waals surface area contributed by atoms with Crippen molar-refractivity contribution in [2.24, 2.45) is 5.92 Å². The first kappa shape index (κ1) is 8.53. The maximum absolute atomic E-state index is 5.25. The number of rotatable bonds is 2. The first-order valence-corrected chi connectivity index (χ1v) is 5.18. The van der Waals surface area contributed by atoms with Crippen LogP contribution in [0.4, 0.5) is 0 Å². The highest BCUT2D eigenvalue weighted by atomic mass is 127. The molecular formula is C8H13IO. The molecule has 2 heteroatoms. The van der Waals surface area contributed by atoms with Gasteiger partial charge in [0, 0.05) is 17.6 Å². The summed E-state index contributed by atoms with van der Waals surface area (Å²) in [4.78, 5) is 0. The van der Waals surface area contributed by atoms with Gasteiger partial charge < -0.3 is 4.74 Å². The molecule has 0 aromatic rings. The van der Waals surface area contributed by atoms with Crippen molar-refractivity contribution in [3.63, 3.8) is 0 Å². The second kappa shape index (κ2) is 4.34. The van der Waals surface area contributed by atoms with Crippen LogP contribution in [0.5, 0.6) is 0 Å². The minimum atomic E-state index is 0.741. The molecule has 0 N–H and O–H groups in total. The molecule has 0 amide bonds. The smallest absolute Gasteiger partial charge is 0.0471 e. The minimum absolute atomic E-state index is 0.741. The van der Waals surface area contributed by atoms with Crippen LogP contribution in [0.15, 0.2) is 12.2 Å². The van der Waals surface area contributed by atoms with Crippen molar-refractivity contribution in [3.05, 3.63) is 12.2 Å². The Bertz CT molecular complexity index is 116. The summed E-state index contributed by atoms with van der Waals surface area (Å²) in [7, 11) is 0. The predicted octanol–water partition coefficient (Wildman–Crippen LogP) is 2.40. The molecule has 0 atom stereocenters. The molecule has 10 heavy (non-hydrogen) atoms. The van der Waals surface area contributed by atoms with E-state index < -0.39 is 0 Å². The van der Waals surface area contributed by atoms with E-state index in [1.807, 2.05) is 0 Å². The molecular weight excluding hydrogens is 239 g/mol. The van der Waals surface area contributed by atoms with Crippen molar-refractivity contribution in [1.29, 1.82) is 0 Å². The lowest BCUT2D eigenvalue weighted by Gasteiger charge is -2.22. The Balaban J connectivity index is 2.31. The average molecular weight is 252 g/mol. The second-order valence-electron chi connectivity index (χ2n) is 2.68. The fourth-order valence-corrected chi connectivity index (χ4v) is 1.84. The summed E-state index contributed by atoms with van der Waals surface area (Å²) in [6.07, 6.45) is 2.36. The van der Waals surface area contributed by atoms with Gasteiger partial charge in [-0.2, -0.15) is 0 Å². The predicted molar refractivity (Wildman–Crippen MR) is 51.6 cm³/mol. The largest absolute Gasteiger partial charge is 0.381 e. The monoisotopic (exact) mass is 252 g/mol. The van der Waals surface area contributed by atoms with Gasteiger partial charge in [-0.1, -0.05) is 34.7 Å². The molecule has 0 bridgehead atoms. The summed E-state index contributed by atoms with van der Waals surface area (Å²) >= 11 is 2.38. The number of hydrogen-bond acceptors (Lipinski definition) is 1. The minimum Gasteiger partial charge on any atom is -0.381 e. The maximum Gasteiger partial charge on any atom is 0.0471 e. The van der Waals surface area contributed by atoms with Crippen LogP contribution in [0.2, 0.25) is 0 Å². The molecule has 0 aromatic heterocycles. The molecule has 0 saturated carbocycles. The fraction of sp³-hybridized carbons (Fsp3) is 0.750. The zero-order chi connectivity index (χ0) is 7.40. The summed E-state index contributed by atoms with van der Waals surface area (Å²) in [6.45, 7) is 5.90. The van der Waals surface area contributed by atoms with Gasteiger partial charge in [-0.25, -0.2) is 0 Å². The molecule has 0 spiro atoms. The number of hydrogen-bond donors (Lipinski definition) is 0. The summed E-state index contributed by atoms with van der Waals surface area (Å²) in [6, 6.07) is 0. The molecule has 58 valence electrons. The molecule has 1 saturated heterocycles. The zero-order valence-corrected chi connectivity index (χ0v) is 8.26. The van der Waals surface area contributed by atoms with Crippen LogP contribution >= 0.6 is 22.6 Å². The van der Waals surface area contributed by atoms with Gasteiger partial charge in [0.15, 0.2) is 0 Å². The highest BCUT2D eigenvalue weighted by molar-refractivity contribution is 14.1. The summed E-state index contributed by atoms with van der Waals surface area (Å²) < 4.78 is 6.35. The van der Waals surface area contributed by atoms with Crippen molar-refractivity contribution in [2.45, 2.75) is 12.8 Å². The molecule has 1 rings (SSSR count). The van der Waals surface area contributed by atoms with E-state index in [4.69, 9.17) is 4.74 Å². The summed E-state index contributed by atoms with van der Waals surface area (Å²) in [5.74, 6) is 0.741. The van der Waals surface area contributed by atoms with Gasteiger partial charge in [-0.15, -0.1) is 0 Å². The van der Waals surface area contributed by atoms with E-state index >= 15 is 0 Å².